The first-order valence-electron chi connectivity index (χ1n) is 10.2. The number of alkyl halides is 3. The van der Waals surface area contributed by atoms with Crippen LogP contribution >= 0.6 is 11.6 Å². The van der Waals surface area contributed by atoms with Crippen LogP contribution in [0.4, 0.5) is 27.6 Å². The summed E-state index contributed by atoms with van der Waals surface area (Å²) in [4.78, 5) is 20.9. The van der Waals surface area contributed by atoms with Crippen molar-refractivity contribution in [3.05, 3.63) is 70.5 Å². The average Bonchev–Trinajstić information content (AvgIpc) is 3.62. The molecule has 1 aliphatic carbocycles. The summed E-state index contributed by atoms with van der Waals surface area (Å²) in [6.45, 7) is 0.714. The van der Waals surface area contributed by atoms with E-state index < -0.39 is 47.0 Å². The van der Waals surface area contributed by atoms with Crippen LogP contribution in [0.1, 0.15) is 41.7 Å². The molecule has 0 saturated heterocycles. The minimum absolute atomic E-state index is 0.161. The molecule has 4 rings (SSSR count). The highest BCUT2D eigenvalue weighted by atomic mass is 35.5. The van der Waals surface area contributed by atoms with Crippen LogP contribution in [-0.2, 0) is 0 Å². The number of rotatable bonds is 6. The van der Waals surface area contributed by atoms with Gasteiger partial charge in [0.25, 0.3) is 5.91 Å². The number of hydrogen-bond donors (Lipinski definition) is 1. The normalized spacial score (nSPS) is 14.6. The zero-order valence-corrected chi connectivity index (χ0v) is 18.3. The lowest BCUT2D eigenvalue weighted by Gasteiger charge is -2.20. The molecule has 0 radical (unpaired) electrons. The Morgan fingerprint density at radius 1 is 1.18 bits per heavy atom. The summed E-state index contributed by atoms with van der Waals surface area (Å²) < 4.78 is 73.4. The first-order chi connectivity index (χ1) is 16.0. The smallest absolute Gasteiger partial charge is 0.425 e. The molecule has 5 nitrogen and oxygen atoms in total. The molecule has 0 spiro atoms. The maximum Gasteiger partial charge on any atom is 0.425 e. The second-order valence-corrected chi connectivity index (χ2v) is 8.18. The van der Waals surface area contributed by atoms with Crippen LogP contribution in [0.3, 0.4) is 0 Å². The Labute approximate surface area is 195 Å². The number of carbonyl (C=O) groups is 1. The second kappa shape index (κ2) is 9.17. The van der Waals surface area contributed by atoms with Gasteiger partial charge in [0.05, 0.1) is 10.7 Å². The fourth-order valence-electron chi connectivity index (χ4n) is 3.13. The van der Waals surface area contributed by atoms with Crippen molar-refractivity contribution < 1.29 is 31.5 Å². The van der Waals surface area contributed by atoms with Crippen molar-refractivity contribution in [1.29, 1.82) is 0 Å². The molecule has 178 valence electrons. The van der Waals surface area contributed by atoms with Crippen molar-refractivity contribution in [2.24, 2.45) is 0 Å². The molecule has 1 atom stereocenters. The maximum atomic E-state index is 15.0. The molecule has 0 aliphatic heterocycles. The predicted molar refractivity (Wildman–Crippen MR) is 115 cm³/mol. The highest BCUT2D eigenvalue weighted by Crippen LogP contribution is 2.39. The van der Waals surface area contributed by atoms with Gasteiger partial charge in [-0.2, -0.15) is 13.2 Å². The maximum absolute atomic E-state index is 15.0. The molecule has 1 aromatic carbocycles. The molecular weight excluding hydrogens is 481 g/mol. The van der Waals surface area contributed by atoms with Crippen molar-refractivity contribution in [3.8, 4) is 17.1 Å². The van der Waals surface area contributed by atoms with Gasteiger partial charge in [0, 0.05) is 23.4 Å². The Hall–Kier alpha value is -3.27. The van der Waals surface area contributed by atoms with Gasteiger partial charge in [-0.3, -0.25) is 9.78 Å². The van der Waals surface area contributed by atoms with Gasteiger partial charge in [-0.1, -0.05) is 17.7 Å². The number of halogens is 6. The zero-order chi connectivity index (χ0) is 24.6. The summed E-state index contributed by atoms with van der Waals surface area (Å²) in [7, 11) is 0. The van der Waals surface area contributed by atoms with E-state index in [0.717, 1.165) is 24.6 Å². The lowest BCUT2D eigenvalue weighted by molar-refractivity contribution is -0.190. The molecule has 1 amide bonds. The summed E-state index contributed by atoms with van der Waals surface area (Å²) in [6, 6.07) is 7.52. The van der Waals surface area contributed by atoms with E-state index in [2.05, 4.69) is 15.3 Å². The number of pyridine rings is 2. The molecular formula is C23H17ClF5N3O2. The first kappa shape index (κ1) is 23.9. The number of benzene rings is 1. The van der Waals surface area contributed by atoms with Gasteiger partial charge in [0.15, 0.2) is 11.9 Å². The van der Waals surface area contributed by atoms with Gasteiger partial charge in [-0.25, -0.2) is 13.8 Å². The standard InChI is InChI=1S/C23H17ClF5N3O2/c1-11(23(27,28)29)34-22-14(21(33)31-20-15(24)3-2-4-16(20)25)9-17(26)19(32-22)13-7-8-18(30-10-13)12-5-6-12/h2-4,7-12H,5-6H2,1H3,(H,31,33). The molecule has 1 unspecified atom stereocenters. The Kier molecular flexibility index (Phi) is 6.44. The number of carbonyl (C=O) groups excluding carboxylic acids is 1. The van der Waals surface area contributed by atoms with Crippen LogP contribution in [0.5, 0.6) is 5.88 Å². The van der Waals surface area contributed by atoms with Crippen LogP contribution in [0.25, 0.3) is 11.3 Å². The number of amides is 1. The number of hydrogen-bond acceptors (Lipinski definition) is 4. The molecule has 34 heavy (non-hydrogen) atoms. The number of ether oxygens (including phenoxy) is 1. The number of aromatic nitrogens is 2. The third-order valence-corrected chi connectivity index (χ3v) is 5.51. The third-order valence-electron chi connectivity index (χ3n) is 5.19. The van der Waals surface area contributed by atoms with Gasteiger partial charge in [-0.15, -0.1) is 0 Å². The van der Waals surface area contributed by atoms with E-state index >= 15 is 0 Å². The molecule has 11 heteroatoms. The predicted octanol–water partition coefficient (Wildman–Crippen LogP) is 6.53. The molecule has 1 aliphatic rings. The van der Waals surface area contributed by atoms with Crippen LogP contribution in [0.2, 0.25) is 5.02 Å². The van der Waals surface area contributed by atoms with Crippen LogP contribution < -0.4 is 10.1 Å². The zero-order valence-electron chi connectivity index (χ0n) is 17.6. The van der Waals surface area contributed by atoms with E-state index in [0.29, 0.717) is 18.9 Å². The summed E-state index contributed by atoms with van der Waals surface area (Å²) in [6.07, 6.45) is -3.79. The monoisotopic (exact) mass is 497 g/mol. The highest BCUT2D eigenvalue weighted by molar-refractivity contribution is 6.34. The van der Waals surface area contributed by atoms with Crippen molar-refractivity contribution in [2.45, 2.75) is 38.0 Å². The van der Waals surface area contributed by atoms with E-state index in [4.69, 9.17) is 16.3 Å². The number of para-hydroxylation sites is 1. The molecule has 2 heterocycles. The summed E-state index contributed by atoms with van der Waals surface area (Å²) in [5.41, 5.74) is -0.424. The van der Waals surface area contributed by atoms with Crippen molar-refractivity contribution >= 4 is 23.2 Å². The second-order valence-electron chi connectivity index (χ2n) is 7.77. The molecule has 1 saturated carbocycles. The fourth-order valence-corrected chi connectivity index (χ4v) is 3.34. The van der Waals surface area contributed by atoms with Gasteiger partial charge in [-0.05, 0) is 50.1 Å². The van der Waals surface area contributed by atoms with Gasteiger partial charge in [0.2, 0.25) is 5.88 Å². The van der Waals surface area contributed by atoms with Crippen LogP contribution in [0, 0.1) is 11.6 Å². The first-order valence-corrected chi connectivity index (χ1v) is 10.6. The van der Waals surface area contributed by atoms with Crippen molar-refractivity contribution in [3.63, 3.8) is 0 Å². The van der Waals surface area contributed by atoms with Gasteiger partial charge < -0.3 is 10.1 Å². The SMILES string of the molecule is CC(Oc1nc(-c2ccc(C3CC3)nc2)c(F)cc1C(=O)Nc1c(F)cccc1Cl)C(F)(F)F. The number of anilines is 1. The minimum Gasteiger partial charge on any atom is -0.464 e. The fraction of sp³-hybridized carbons (Fsp3) is 0.261. The molecule has 1 N–H and O–H groups in total. The lowest BCUT2D eigenvalue weighted by atomic mass is 10.1. The summed E-state index contributed by atoms with van der Waals surface area (Å²) in [5, 5.41) is 1.97. The third kappa shape index (κ3) is 5.11. The molecule has 3 aromatic rings. The molecule has 1 fully saturated rings. The van der Waals surface area contributed by atoms with E-state index in [1.807, 2.05) is 0 Å². The minimum atomic E-state index is -4.79. The van der Waals surface area contributed by atoms with Crippen LogP contribution in [0.15, 0.2) is 42.6 Å². The quantitative estimate of drug-likeness (QED) is 0.393. The molecule has 2 aromatic heterocycles. The van der Waals surface area contributed by atoms with E-state index in [9.17, 15) is 26.7 Å². The van der Waals surface area contributed by atoms with Gasteiger partial charge >= 0.3 is 6.18 Å². The Bertz CT molecular complexity index is 1210. The topological polar surface area (TPSA) is 64.1 Å². The van der Waals surface area contributed by atoms with E-state index in [1.54, 1.807) is 12.1 Å². The van der Waals surface area contributed by atoms with Crippen molar-refractivity contribution in [1.82, 2.24) is 9.97 Å². The largest absolute Gasteiger partial charge is 0.464 e. The number of nitrogens with one attached hydrogen (secondary N) is 1. The lowest BCUT2D eigenvalue weighted by Crippen LogP contribution is -2.32. The molecule has 0 bridgehead atoms. The average molecular weight is 498 g/mol. The van der Waals surface area contributed by atoms with E-state index in [-0.39, 0.29) is 16.3 Å². The number of nitrogens with zero attached hydrogens (tertiary/aromatic N) is 2. The summed E-state index contributed by atoms with van der Waals surface area (Å²) >= 11 is 5.89. The van der Waals surface area contributed by atoms with Crippen LogP contribution in [-0.4, -0.2) is 28.2 Å². The van der Waals surface area contributed by atoms with Crippen molar-refractivity contribution in [2.75, 3.05) is 5.32 Å². The Morgan fingerprint density at radius 2 is 1.91 bits per heavy atom. The Balaban J connectivity index is 1.73. The van der Waals surface area contributed by atoms with E-state index in [1.165, 1.54) is 18.3 Å². The highest BCUT2D eigenvalue weighted by Gasteiger charge is 2.39. The Morgan fingerprint density at radius 3 is 2.50 bits per heavy atom. The van der Waals surface area contributed by atoms with Gasteiger partial charge in [0.1, 0.15) is 17.1 Å². The summed E-state index contributed by atoms with van der Waals surface area (Å²) in [5.74, 6) is -3.49.